The highest BCUT2D eigenvalue weighted by atomic mass is 19.1. The first-order valence-electron chi connectivity index (χ1n) is 14.8. The van der Waals surface area contributed by atoms with E-state index < -0.39 is 5.82 Å². The average Bonchev–Trinajstić information content (AvgIpc) is 3.53. The van der Waals surface area contributed by atoms with E-state index in [9.17, 15) is 18.8 Å². The van der Waals surface area contributed by atoms with Crippen LogP contribution in [-0.4, -0.2) is 85.4 Å². The zero-order chi connectivity index (χ0) is 30.5. The summed E-state index contributed by atoms with van der Waals surface area (Å²) >= 11 is 0. The van der Waals surface area contributed by atoms with Crippen molar-refractivity contribution in [2.45, 2.75) is 25.7 Å². The number of nitrogens with one attached hydrogen (secondary N) is 2. The first kappa shape index (κ1) is 29.1. The number of H-pyrrole nitrogens is 1. The van der Waals surface area contributed by atoms with Gasteiger partial charge in [-0.1, -0.05) is 30.7 Å². The summed E-state index contributed by atoms with van der Waals surface area (Å²) in [5.74, 6) is -0.585. The lowest BCUT2D eigenvalue weighted by atomic mass is 10.0. The first-order valence-corrected chi connectivity index (χ1v) is 14.8. The molecule has 1 aliphatic rings. The molecule has 11 nitrogen and oxygen atoms in total. The first-order chi connectivity index (χ1) is 21.5. The van der Waals surface area contributed by atoms with Crippen LogP contribution in [0.15, 0.2) is 71.9 Å². The van der Waals surface area contributed by atoms with E-state index in [1.165, 1.54) is 6.07 Å². The van der Waals surface area contributed by atoms with Gasteiger partial charge in [-0.05, 0) is 49.2 Å². The lowest BCUT2D eigenvalue weighted by molar-refractivity contribution is 0.0630. The van der Waals surface area contributed by atoms with E-state index in [0.29, 0.717) is 48.6 Å². The van der Waals surface area contributed by atoms with Gasteiger partial charge in [0, 0.05) is 63.1 Å². The van der Waals surface area contributed by atoms with Crippen molar-refractivity contribution >= 4 is 28.4 Å². The number of carbonyl (C=O) groups excluding carboxylic acids is 2. The number of imidazole rings is 1. The highest BCUT2D eigenvalue weighted by Crippen LogP contribution is 2.20. The van der Waals surface area contributed by atoms with Crippen LogP contribution in [0.2, 0.25) is 0 Å². The van der Waals surface area contributed by atoms with Crippen LogP contribution in [0.4, 0.5) is 4.39 Å². The van der Waals surface area contributed by atoms with E-state index in [1.807, 2.05) is 12.1 Å². The Morgan fingerprint density at radius 1 is 0.955 bits per heavy atom. The third-order valence-electron chi connectivity index (χ3n) is 8.00. The zero-order valence-electron chi connectivity index (χ0n) is 24.2. The molecule has 4 heterocycles. The van der Waals surface area contributed by atoms with Crippen molar-refractivity contribution in [2.75, 3.05) is 39.3 Å². The number of aromatic amines is 1. The maximum absolute atomic E-state index is 14.8. The Hall–Kier alpha value is -4.97. The van der Waals surface area contributed by atoms with Gasteiger partial charge in [0.2, 0.25) is 5.78 Å². The molecule has 226 valence electrons. The summed E-state index contributed by atoms with van der Waals surface area (Å²) in [6, 6.07) is 13.4. The van der Waals surface area contributed by atoms with Crippen LogP contribution in [0, 0.1) is 5.82 Å². The smallest absolute Gasteiger partial charge is 0.272 e. The number of rotatable bonds is 10. The van der Waals surface area contributed by atoms with Crippen molar-refractivity contribution in [1.29, 1.82) is 0 Å². The molecule has 6 rings (SSSR count). The van der Waals surface area contributed by atoms with E-state index in [-0.39, 0.29) is 22.9 Å². The Kier molecular flexibility index (Phi) is 8.69. The Morgan fingerprint density at radius 3 is 2.61 bits per heavy atom. The number of amides is 2. The van der Waals surface area contributed by atoms with Crippen LogP contribution in [0.5, 0.6) is 0 Å². The number of hydrogen-bond acceptors (Lipinski definition) is 7. The third kappa shape index (κ3) is 6.50. The number of aromatic nitrogens is 5. The summed E-state index contributed by atoms with van der Waals surface area (Å²) in [6.07, 6.45) is 8.33. The summed E-state index contributed by atoms with van der Waals surface area (Å²) in [7, 11) is 0. The topological polar surface area (TPSA) is 129 Å². The average molecular weight is 597 g/mol. The maximum atomic E-state index is 14.8. The van der Waals surface area contributed by atoms with Gasteiger partial charge in [0.05, 0.1) is 16.6 Å². The minimum Gasteiger partial charge on any atom is -0.351 e. The second kappa shape index (κ2) is 13.1. The Balaban J connectivity index is 0.946. The molecular weight excluding hydrogens is 563 g/mol. The van der Waals surface area contributed by atoms with Gasteiger partial charge in [-0.25, -0.2) is 19.5 Å². The van der Waals surface area contributed by atoms with Crippen molar-refractivity contribution in [3.8, 4) is 0 Å². The van der Waals surface area contributed by atoms with Gasteiger partial charge < -0.3 is 10.2 Å². The van der Waals surface area contributed by atoms with Crippen LogP contribution >= 0.6 is 0 Å². The van der Waals surface area contributed by atoms with Crippen LogP contribution in [0.25, 0.3) is 16.6 Å². The maximum Gasteiger partial charge on any atom is 0.272 e. The lowest BCUT2D eigenvalue weighted by Crippen LogP contribution is -2.49. The van der Waals surface area contributed by atoms with Crippen LogP contribution in [0.3, 0.4) is 0 Å². The minimum absolute atomic E-state index is 0.0478. The SMILES string of the molecule is O=C(NCCCCCN1CCN(C(=O)c2cc(Cc3n[nH]c(=O)c4ccccc34)ccc2F)CC1)c1ccn2ccnc2n1. The van der Waals surface area contributed by atoms with E-state index in [0.717, 1.165) is 49.8 Å². The quantitative estimate of drug-likeness (QED) is 0.237. The van der Waals surface area contributed by atoms with E-state index in [2.05, 4.69) is 30.4 Å². The summed E-state index contributed by atoms with van der Waals surface area (Å²) in [6.45, 7) is 3.97. The molecule has 0 unspecified atom stereocenters. The van der Waals surface area contributed by atoms with Gasteiger partial charge in [-0.3, -0.25) is 23.7 Å². The van der Waals surface area contributed by atoms with Gasteiger partial charge >= 0.3 is 0 Å². The number of hydrogen-bond donors (Lipinski definition) is 2. The van der Waals surface area contributed by atoms with Gasteiger partial charge in [0.1, 0.15) is 11.5 Å². The fourth-order valence-electron chi connectivity index (χ4n) is 5.55. The van der Waals surface area contributed by atoms with E-state index in [1.54, 1.807) is 58.2 Å². The van der Waals surface area contributed by atoms with Gasteiger partial charge in [0.25, 0.3) is 17.4 Å². The molecule has 1 fully saturated rings. The number of fused-ring (bicyclic) bond motifs is 2. The van der Waals surface area contributed by atoms with Gasteiger partial charge in [-0.2, -0.15) is 5.10 Å². The zero-order valence-corrected chi connectivity index (χ0v) is 24.2. The minimum atomic E-state index is -0.551. The predicted molar refractivity (Wildman–Crippen MR) is 163 cm³/mol. The Morgan fingerprint density at radius 2 is 1.77 bits per heavy atom. The summed E-state index contributed by atoms with van der Waals surface area (Å²) in [4.78, 5) is 50.2. The molecule has 0 spiro atoms. The molecule has 12 heteroatoms. The molecule has 0 bridgehead atoms. The second-order valence-electron chi connectivity index (χ2n) is 10.9. The summed E-state index contributed by atoms with van der Waals surface area (Å²) in [5.41, 5.74) is 1.53. The molecular formula is C32H33FN8O3. The fraction of sp³-hybridized carbons (Fsp3) is 0.312. The lowest BCUT2D eigenvalue weighted by Gasteiger charge is -2.35. The molecule has 3 aromatic heterocycles. The Labute approximate surface area is 252 Å². The number of carbonyl (C=O) groups is 2. The molecule has 2 aromatic carbocycles. The highest BCUT2D eigenvalue weighted by molar-refractivity contribution is 5.95. The predicted octanol–water partition coefficient (Wildman–Crippen LogP) is 3.05. The number of benzene rings is 2. The molecule has 1 saturated heterocycles. The highest BCUT2D eigenvalue weighted by Gasteiger charge is 2.24. The van der Waals surface area contributed by atoms with E-state index in [4.69, 9.17) is 0 Å². The van der Waals surface area contributed by atoms with Crippen molar-refractivity contribution in [2.24, 2.45) is 0 Å². The van der Waals surface area contributed by atoms with Crippen molar-refractivity contribution < 1.29 is 14.0 Å². The number of piperazine rings is 1. The molecule has 1 aliphatic heterocycles. The molecule has 0 atom stereocenters. The molecule has 2 amide bonds. The third-order valence-corrected chi connectivity index (χ3v) is 8.00. The monoisotopic (exact) mass is 596 g/mol. The van der Waals surface area contributed by atoms with E-state index >= 15 is 0 Å². The number of unbranched alkanes of at least 4 members (excludes halogenated alkanes) is 2. The van der Waals surface area contributed by atoms with Crippen LogP contribution in [-0.2, 0) is 6.42 Å². The molecule has 0 saturated carbocycles. The molecule has 0 radical (unpaired) electrons. The number of halogens is 1. The van der Waals surface area contributed by atoms with Crippen molar-refractivity contribution in [3.05, 3.63) is 106 Å². The second-order valence-corrected chi connectivity index (χ2v) is 10.9. The largest absolute Gasteiger partial charge is 0.351 e. The summed E-state index contributed by atoms with van der Waals surface area (Å²) < 4.78 is 16.6. The molecule has 5 aromatic rings. The number of nitrogens with zero attached hydrogens (tertiary/aromatic N) is 6. The van der Waals surface area contributed by atoms with Crippen LogP contribution in [0.1, 0.15) is 51.4 Å². The van der Waals surface area contributed by atoms with Crippen molar-refractivity contribution in [1.82, 2.24) is 39.7 Å². The molecule has 44 heavy (non-hydrogen) atoms. The normalized spacial score (nSPS) is 13.9. The van der Waals surface area contributed by atoms with Gasteiger partial charge in [-0.15, -0.1) is 0 Å². The molecule has 0 aliphatic carbocycles. The molecule has 2 N–H and O–H groups in total. The van der Waals surface area contributed by atoms with Gasteiger partial charge in [0.15, 0.2) is 0 Å². The Bertz CT molecular complexity index is 1860. The van der Waals surface area contributed by atoms with Crippen LogP contribution < -0.4 is 10.9 Å². The van der Waals surface area contributed by atoms with Crippen molar-refractivity contribution in [3.63, 3.8) is 0 Å². The fourth-order valence-corrected chi connectivity index (χ4v) is 5.55. The summed E-state index contributed by atoms with van der Waals surface area (Å²) in [5, 5.41) is 10.9. The standard InChI is InChI=1S/C32H33FN8O3/c33-26-9-8-22(21-28-23-6-2-3-7-24(23)29(42)38-37-28)20-25(26)31(44)40-18-16-39(17-19-40)13-5-1-4-11-34-30(43)27-10-14-41-15-12-35-32(41)36-27/h2-3,6-10,12,14-15,20H,1,4-5,11,13,16-19,21H2,(H,34,43)(H,38,42).